The van der Waals surface area contributed by atoms with Crippen molar-refractivity contribution in [2.45, 2.75) is 31.0 Å². The molecule has 1 aromatic heterocycles. The third-order valence-corrected chi connectivity index (χ3v) is 8.06. The topological polar surface area (TPSA) is 114 Å². The number of ether oxygens (including phenoxy) is 1. The Morgan fingerprint density at radius 1 is 1.05 bits per heavy atom. The molecule has 1 spiro atoms. The van der Waals surface area contributed by atoms with Crippen LogP contribution in [0, 0.1) is 0 Å². The number of carbonyl (C=O) groups is 2. The molecular formula is C30H29F3N6O4. The molecule has 2 aliphatic heterocycles. The van der Waals surface area contributed by atoms with E-state index in [0.717, 1.165) is 28.7 Å². The van der Waals surface area contributed by atoms with Crippen LogP contribution in [0.25, 0.3) is 10.9 Å². The number of amides is 2. The molecule has 3 heterocycles. The van der Waals surface area contributed by atoms with Crippen molar-refractivity contribution in [3.8, 4) is 5.75 Å². The number of fused-ring (bicyclic) bond motifs is 1. The summed E-state index contributed by atoms with van der Waals surface area (Å²) in [7, 11) is 0. The number of aromatic amines is 1. The van der Waals surface area contributed by atoms with E-state index in [1.54, 1.807) is 28.1 Å². The normalized spacial score (nSPS) is 18.7. The van der Waals surface area contributed by atoms with Crippen LogP contribution in [0.4, 0.5) is 24.5 Å². The van der Waals surface area contributed by atoms with Crippen LogP contribution in [0.2, 0.25) is 0 Å². The Bertz CT molecular complexity index is 1620. The predicted octanol–water partition coefficient (Wildman–Crippen LogP) is 4.17. The molecule has 4 aromatic rings. The van der Waals surface area contributed by atoms with E-state index in [1.807, 2.05) is 36.4 Å². The number of rotatable bonds is 6. The van der Waals surface area contributed by atoms with Gasteiger partial charge in [-0.3, -0.25) is 14.7 Å². The number of aliphatic hydroxyl groups excluding tert-OH is 1. The number of hydrogen-bond donors (Lipinski definition) is 3. The Morgan fingerprint density at radius 2 is 1.81 bits per heavy atom. The van der Waals surface area contributed by atoms with Crippen molar-refractivity contribution in [1.29, 1.82) is 0 Å². The monoisotopic (exact) mass is 594 g/mol. The largest absolute Gasteiger partial charge is 0.573 e. The van der Waals surface area contributed by atoms with Gasteiger partial charge in [-0.25, -0.2) is 4.90 Å². The van der Waals surface area contributed by atoms with E-state index in [0.29, 0.717) is 31.5 Å². The molecule has 2 fully saturated rings. The minimum Gasteiger partial charge on any atom is -0.406 e. The Labute approximate surface area is 244 Å². The molecular weight excluding hydrogens is 565 g/mol. The van der Waals surface area contributed by atoms with Crippen molar-refractivity contribution in [2.75, 3.05) is 36.5 Å². The molecule has 1 atom stereocenters. The Morgan fingerprint density at radius 3 is 2.56 bits per heavy atom. The van der Waals surface area contributed by atoms with Crippen LogP contribution in [0.5, 0.6) is 5.75 Å². The summed E-state index contributed by atoms with van der Waals surface area (Å²) in [6, 6.07) is 20.0. The van der Waals surface area contributed by atoms with Gasteiger partial charge in [0.15, 0.2) is 0 Å². The molecule has 2 saturated heterocycles. The highest BCUT2D eigenvalue weighted by Gasteiger charge is 2.54. The standard InChI is InChI=1S/C30H29F3N6O4/c31-30(32,33)43-24-8-4-5-22(16-24)35-26(40)18-38-19-39(23-6-2-1-3-7-23)29(28(38)42)11-13-37(14-12-29)27(41)20-9-10-25-21(15-20)17-34-36-25/h1-10,15-17,28,42H,11-14,18-19H2,(H,34,36)(H,35,40). The quantitative estimate of drug-likeness (QED) is 0.307. The summed E-state index contributed by atoms with van der Waals surface area (Å²) >= 11 is 0. The van der Waals surface area contributed by atoms with Crippen molar-refractivity contribution in [3.05, 3.63) is 84.6 Å². The number of aliphatic hydroxyl groups is 1. The Kier molecular flexibility index (Phi) is 7.44. The van der Waals surface area contributed by atoms with Gasteiger partial charge in [0.1, 0.15) is 12.0 Å². The molecule has 3 N–H and O–H groups in total. The first-order valence-corrected chi connectivity index (χ1v) is 13.7. The molecule has 1 unspecified atom stereocenters. The molecule has 2 aliphatic rings. The summed E-state index contributed by atoms with van der Waals surface area (Å²) in [6.45, 7) is 0.828. The van der Waals surface area contributed by atoms with E-state index in [9.17, 15) is 27.9 Å². The summed E-state index contributed by atoms with van der Waals surface area (Å²) in [5, 5.41) is 22.0. The van der Waals surface area contributed by atoms with Gasteiger partial charge in [0, 0.05) is 41.5 Å². The van der Waals surface area contributed by atoms with E-state index in [1.165, 1.54) is 12.1 Å². The number of H-pyrrole nitrogens is 1. The summed E-state index contributed by atoms with van der Waals surface area (Å²) in [6.07, 6.45) is -3.32. The molecule has 2 amide bonds. The van der Waals surface area contributed by atoms with Crippen LogP contribution in [-0.4, -0.2) is 81.4 Å². The van der Waals surface area contributed by atoms with E-state index in [4.69, 9.17) is 0 Å². The van der Waals surface area contributed by atoms with Crippen molar-refractivity contribution in [2.24, 2.45) is 0 Å². The average molecular weight is 595 g/mol. The zero-order chi connectivity index (χ0) is 30.2. The minimum atomic E-state index is -4.86. The van der Waals surface area contributed by atoms with Gasteiger partial charge in [0.2, 0.25) is 5.91 Å². The van der Waals surface area contributed by atoms with Crippen LogP contribution in [0.1, 0.15) is 23.2 Å². The second kappa shape index (κ2) is 11.2. The highest BCUT2D eigenvalue weighted by molar-refractivity contribution is 5.98. The van der Waals surface area contributed by atoms with Crippen LogP contribution in [0.15, 0.2) is 79.0 Å². The molecule has 43 heavy (non-hydrogen) atoms. The number of aromatic nitrogens is 2. The third kappa shape index (κ3) is 5.86. The van der Waals surface area contributed by atoms with E-state index >= 15 is 0 Å². The van der Waals surface area contributed by atoms with Gasteiger partial charge >= 0.3 is 6.36 Å². The van der Waals surface area contributed by atoms with Crippen LogP contribution in [0.3, 0.4) is 0 Å². The smallest absolute Gasteiger partial charge is 0.406 e. The lowest BCUT2D eigenvalue weighted by Gasteiger charge is -2.46. The van der Waals surface area contributed by atoms with Gasteiger partial charge in [-0.1, -0.05) is 24.3 Å². The zero-order valence-electron chi connectivity index (χ0n) is 22.9. The number of likely N-dealkylation sites (tertiary alicyclic amines) is 1. The van der Waals surface area contributed by atoms with Crippen molar-refractivity contribution < 1.29 is 32.6 Å². The first-order chi connectivity index (χ1) is 20.6. The average Bonchev–Trinajstić information content (AvgIpc) is 3.55. The molecule has 3 aromatic carbocycles. The van der Waals surface area contributed by atoms with Crippen molar-refractivity contribution in [1.82, 2.24) is 20.0 Å². The van der Waals surface area contributed by atoms with Gasteiger partial charge in [-0.2, -0.15) is 5.10 Å². The van der Waals surface area contributed by atoms with E-state index in [2.05, 4.69) is 25.2 Å². The maximum absolute atomic E-state index is 13.4. The lowest BCUT2D eigenvalue weighted by atomic mass is 9.84. The van der Waals surface area contributed by atoms with Crippen molar-refractivity contribution in [3.63, 3.8) is 0 Å². The molecule has 6 rings (SSSR count). The Balaban J connectivity index is 1.17. The zero-order valence-corrected chi connectivity index (χ0v) is 22.9. The molecule has 13 heteroatoms. The maximum atomic E-state index is 13.4. The number of nitrogens with zero attached hydrogens (tertiary/aromatic N) is 4. The molecule has 0 bridgehead atoms. The summed E-state index contributed by atoms with van der Waals surface area (Å²) < 4.78 is 41.8. The lowest BCUT2D eigenvalue weighted by molar-refractivity contribution is -0.274. The number of benzene rings is 3. The minimum absolute atomic E-state index is 0.107. The molecule has 0 radical (unpaired) electrons. The summed E-state index contributed by atoms with van der Waals surface area (Å²) in [4.78, 5) is 31.8. The second-order valence-electron chi connectivity index (χ2n) is 10.7. The molecule has 0 saturated carbocycles. The maximum Gasteiger partial charge on any atom is 0.573 e. The second-order valence-corrected chi connectivity index (χ2v) is 10.7. The fourth-order valence-electron chi connectivity index (χ4n) is 6.00. The SMILES string of the molecule is O=C(CN1CN(c2ccccc2)C2(CCN(C(=O)c3ccc4[nH]ncc4c3)CC2)C1O)Nc1cccc(OC(F)(F)F)c1. The number of halogens is 3. The number of para-hydroxylation sites is 1. The van der Waals surface area contributed by atoms with Gasteiger partial charge < -0.3 is 25.0 Å². The van der Waals surface area contributed by atoms with Crippen molar-refractivity contribution >= 4 is 34.1 Å². The van der Waals surface area contributed by atoms with Crippen LogP contribution < -0.4 is 15.0 Å². The third-order valence-electron chi connectivity index (χ3n) is 8.06. The number of nitrogens with one attached hydrogen (secondary N) is 2. The van der Waals surface area contributed by atoms with Gasteiger partial charge in [0.05, 0.1) is 30.5 Å². The number of piperidine rings is 1. The van der Waals surface area contributed by atoms with Crippen LogP contribution >= 0.6 is 0 Å². The predicted molar refractivity (Wildman–Crippen MR) is 152 cm³/mol. The fraction of sp³-hybridized carbons (Fsp3) is 0.300. The van der Waals surface area contributed by atoms with E-state index in [-0.39, 0.29) is 24.8 Å². The first-order valence-electron chi connectivity index (χ1n) is 13.7. The molecule has 0 aliphatic carbocycles. The van der Waals surface area contributed by atoms with Gasteiger partial charge in [-0.15, -0.1) is 13.2 Å². The number of hydrogen-bond acceptors (Lipinski definition) is 7. The summed E-state index contributed by atoms with van der Waals surface area (Å²) in [5.41, 5.74) is 1.63. The number of anilines is 2. The Hall–Kier alpha value is -4.62. The summed E-state index contributed by atoms with van der Waals surface area (Å²) in [5.74, 6) is -1.06. The first kappa shape index (κ1) is 28.5. The van der Waals surface area contributed by atoms with E-state index < -0.39 is 29.8 Å². The number of carbonyl (C=O) groups excluding carboxylic acids is 2. The highest BCUT2D eigenvalue weighted by Crippen LogP contribution is 2.42. The molecule has 10 nitrogen and oxygen atoms in total. The molecule has 224 valence electrons. The van der Waals surface area contributed by atoms with Crippen LogP contribution in [-0.2, 0) is 4.79 Å². The number of alkyl halides is 3. The lowest BCUT2D eigenvalue weighted by Crippen LogP contribution is -2.59. The fourth-order valence-corrected chi connectivity index (χ4v) is 6.00. The van der Waals surface area contributed by atoms with Gasteiger partial charge in [-0.05, 0) is 55.3 Å². The highest BCUT2D eigenvalue weighted by atomic mass is 19.4. The van der Waals surface area contributed by atoms with Gasteiger partial charge in [0.25, 0.3) is 5.91 Å².